The van der Waals surface area contributed by atoms with Crippen molar-refractivity contribution in [2.45, 2.75) is 27.2 Å². The summed E-state index contributed by atoms with van der Waals surface area (Å²) in [5.41, 5.74) is 1.84. The third kappa shape index (κ3) is 3.85. The Balaban J connectivity index is 2.31. The van der Waals surface area contributed by atoms with Crippen molar-refractivity contribution in [3.63, 3.8) is 0 Å². The normalized spacial score (nSPS) is 10.4. The first kappa shape index (κ1) is 15.6. The van der Waals surface area contributed by atoms with Crippen LogP contribution in [0.4, 0.5) is 5.82 Å². The predicted octanol–water partition coefficient (Wildman–Crippen LogP) is 3.82. The highest BCUT2D eigenvalue weighted by atomic mass is 32.1. The number of ether oxygens (including phenoxy) is 2. The van der Waals surface area contributed by atoms with Crippen LogP contribution in [0.1, 0.15) is 27.2 Å². The molecule has 1 aromatic heterocycles. The summed E-state index contributed by atoms with van der Waals surface area (Å²) in [5, 5.41) is 3.30. The Bertz CT molecular complexity index is 572. The third-order valence-electron chi connectivity index (χ3n) is 2.85. The highest BCUT2D eigenvalue weighted by Crippen LogP contribution is 2.34. The Morgan fingerprint density at radius 2 is 1.81 bits per heavy atom. The van der Waals surface area contributed by atoms with Crippen LogP contribution in [0.15, 0.2) is 18.2 Å². The molecule has 0 saturated heterocycles. The Hall–Kier alpha value is -1.82. The zero-order chi connectivity index (χ0) is 15.1. The molecular weight excluding hydrogens is 286 g/mol. The van der Waals surface area contributed by atoms with Crippen LogP contribution in [0.25, 0.3) is 11.3 Å². The highest BCUT2D eigenvalue weighted by Gasteiger charge is 2.13. The molecule has 0 fully saturated rings. The van der Waals surface area contributed by atoms with Gasteiger partial charge in [0.2, 0.25) is 0 Å². The molecule has 0 saturated carbocycles. The number of nitrogens with zero attached hydrogens (tertiary/aromatic N) is 2. The van der Waals surface area contributed by atoms with Crippen LogP contribution < -0.4 is 14.8 Å². The van der Waals surface area contributed by atoms with E-state index in [1.165, 1.54) is 11.7 Å². The van der Waals surface area contributed by atoms with E-state index in [4.69, 9.17) is 9.47 Å². The minimum absolute atomic E-state index is 0.597. The van der Waals surface area contributed by atoms with Crippen molar-refractivity contribution in [2.75, 3.05) is 25.1 Å². The molecule has 0 bridgehead atoms. The van der Waals surface area contributed by atoms with Crippen LogP contribution in [0, 0.1) is 0 Å². The zero-order valence-corrected chi connectivity index (χ0v) is 13.5. The first-order valence-electron chi connectivity index (χ1n) is 7.26. The van der Waals surface area contributed by atoms with E-state index < -0.39 is 0 Å². The maximum absolute atomic E-state index is 5.66. The van der Waals surface area contributed by atoms with Gasteiger partial charge in [-0.2, -0.15) is 8.75 Å². The van der Waals surface area contributed by atoms with Gasteiger partial charge in [0.25, 0.3) is 0 Å². The first-order chi connectivity index (χ1) is 10.3. The van der Waals surface area contributed by atoms with Gasteiger partial charge in [-0.1, -0.05) is 6.92 Å². The molecule has 0 aliphatic heterocycles. The largest absolute Gasteiger partial charge is 0.490 e. The van der Waals surface area contributed by atoms with Crippen molar-refractivity contribution in [1.29, 1.82) is 0 Å². The fourth-order valence-electron chi connectivity index (χ4n) is 1.94. The van der Waals surface area contributed by atoms with E-state index in [9.17, 15) is 0 Å². The van der Waals surface area contributed by atoms with Crippen molar-refractivity contribution >= 4 is 17.5 Å². The number of benzene rings is 1. The molecule has 0 atom stereocenters. The topological polar surface area (TPSA) is 56.3 Å². The lowest BCUT2D eigenvalue weighted by Gasteiger charge is -2.12. The van der Waals surface area contributed by atoms with Gasteiger partial charge in [-0.05, 0) is 38.5 Å². The van der Waals surface area contributed by atoms with Gasteiger partial charge < -0.3 is 14.8 Å². The second-order valence-corrected chi connectivity index (χ2v) is 4.94. The van der Waals surface area contributed by atoms with Crippen molar-refractivity contribution in [3.05, 3.63) is 18.2 Å². The number of aromatic nitrogens is 2. The third-order valence-corrected chi connectivity index (χ3v) is 3.38. The van der Waals surface area contributed by atoms with E-state index in [1.807, 2.05) is 32.0 Å². The molecule has 1 heterocycles. The lowest BCUT2D eigenvalue weighted by atomic mass is 10.1. The maximum Gasteiger partial charge on any atom is 0.168 e. The number of nitrogens with one attached hydrogen (secondary N) is 1. The fourth-order valence-corrected chi connectivity index (χ4v) is 2.48. The lowest BCUT2D eigenvalue weighted by molar-refractivity contribution is 0.288. The van der Waals surface area contributed by atoms with Gasteiger partial charge >= 0.3 is 0 Å². The smallest absolute Gasteiger partial charge is 0.168 e. The summed E-state index contributed by atoms with van der Waals surface area (Å²) in [6.45, 7) is 8.13. The molecule has 1 N–H and O–H groups in total. The van der Waals surface area contributed by atoms with Gasteiger partial charge in [-0.15, -0.1) is 0 Å². The summed E-state index contributed by atoms with van der Waals surface area (Å²) in [4.78, 5) is 0. The van der Waals surface area contributed by atoms with Crippen LogP contribution in [-0.2, 0) is 0 Å². The van der Waals surface area contributed by atoms with Gasteiger partial charge in [-0.3, -0.25) is 0 Å². The molecule has 0 unspecified atom stereocenters. The van der Waals surface area contributed by atoms with Crippen molar-refractivity contribution < 1.29 is 9.47 Å². The van der Waals surface area contributed by atoms with Gasteiger partial charge in [-0.25, -0.2) is 0 Å². The second-order valence-electron chi connectivity index (χ2n) is 4.42. The minimum atomic E-state index is 0.597. The molecule has 5 nitrogen and oxygen atoms in total. The number of hydrogen-bond donors (Lipinski definition) is 1. The first-order valence-corrected chi connectivity index (χ1v) is 7.99. The average molecular weight is 307 g/mol. The molecule has 2 aromatic rings. The monoisotopic (exact) mass is 307 g/mol. The summed E-state index contributed by atoms with van der Waals surface area (Å²) in [6, 6.07) is 5.87. The van der Waals surface area contributed by atoms with Crippen molar-refractivity contribution in [3.8, 4) is 22.8 Å². The van der Waals surface area contributed by atoms with Crippen LogP contribution in [0.2, 0.25) is 0 Å². The van der Waals surface area contributed by atoms with Crippen LogP contribution in [-0.4, -0.2) is 28.5 Å². The van der Waals surface area contributed by atoms with Gasteiger partial charge in [0.05, 0.1) is 24.9 Å². The summed E-state index contributed by atoms with van der Waals surface area (Å²) in [7, 11) is 0. The number of hydrogen-bond acceptors (Lipinski definition) is 6. The molecule has 6 heteroatoms. The Labute approximate surface area is 129 Å². The van der Waals surface area contributed by atoms with Crippen molar-refractivity contribution in [1.82, 2.24) is 8.75 Å². The lowest BCUT2D eigenvalue weighted by Crippen LogP contribution is -2.02. The summed E-state index contributed by atoms with van der Waals surface area (Å²) in [6.07, 6.45) is 1.05. The van der Waals surface area contributed by atoms with E-state index in [0.29, 0.717) is 13.2 Å². The van der Waals surface area contributed by atoms with E-state index in [1.54, 1.807) is 0 Å². The molecule has 2 rings (SSSR count). The van der Waals surface area contributed by atoms with E-state index in [0.717, 1.165) is 41.5 Å². The van der Waals surface area contributed by atoms with Gasteiger partial charge in [0.1, 0.15) is 5.69 Å². The molecule has 0 aliphatic carbocycles. The SMILES string of the molecule is CCCNc1nsnc1-c1ccc(OCC)c(OCC)c1. The second kappa shape index (κ2) is 7.83. The summed E-state index contributed by atoms with van der Waals surface area (Å²) >= 11 is 1.21. The van der Waals surface area contributed by atoms with E-state index in [2.05, 4.69) is 21.0 Å². The molecule has 0 amide bonds. The Morgan fingerprint density at radius 1 is 1.05 bits per heavy atom. The van der Waals surface area contributed by atoms with E-state index >= 15 is 0 Å². The van der Waals surface area contributed by atoms with Crippen LogP contribution in [0.5, 0.6) is 11.5 Å². The molecular formula is C15H21N3O2S. The number of anilines is 1. The summed E-state index contributed by atoms with van der Waals surface area (Å²) in [5.74, 6) is 2.33. The number of rotatable bonds is 8. The van der Waals surface area contributed by atoms with Gasteiger partial charge in [0, 0.05) is 12.1 Å². The highest BCUT2D eigenvalue weighted by molar-refractivity contribution is 6.99. The fraction of sp³-hybridized carbons (Fsp3) is 0.467. The standard InChI is InChI=1S/C15H21N3O2S/c1-4-9-16-15-14(17-21-18-15)11-7-8-12(19-5-2)13(10-11)20-6-3/h7-8,10H,4-6,9H2,1-3H3,(H,16,18). The predicted molar refractivity (Wildman–Crippen MR) is 86.5 cm³/mol. The molecule has 0 radical (unpaired) electrons. The minimum Gasteiger partial charge on any atom is -0.490 e. The quantitative estimate of drug-likeness (QED) is 0.803. The molecule has 21 heavy (non-hydrogen) atoms. The zero-order valence-electron chi connectivity index (χ0n) is 12.7. The van der Waals surface area contributed by atoms with Gasteiger partial charge in [0.15, 0.2) is 17.3 Å². The summed E-state index contributed by atoms with van der Waals surface area (Å²) < 4.78 is 19.9. The average Bonchev–Trinajstić information content (AvgIpc) is 2.96. The van der Waals surface area contributed by atoms with Crippen LogP contribution in [0.3, 0.4) is 0 Å². The van der Waals surface area contributed by atoms with E-state index in [-0.39, 0.29) is 0 Å². The van der Waals surface area contributed by atoms with Crippen molar-refractivity contribution in [2.24, 2.45) is 0 Å². The molecule has 0 aliphatic rings. The maximum atomic E-state index is 5.66. The Kier molecular flexibility index (Phi) is 5.80. The molecule has 114 valence electrons. The molecule has 0 spiro atoms. The van der Waals surface area contributed by atoms with Crippen LogP contribution >= 0.6 is 11.7 Å². The Morgan fingerprint density at radius 3 is 2.52 bits per heavy atom. The molecule has 1 aromatic carbocycles.